The molecule has 120 valence electrons. The molecule has 1 aromatic carbocycles. The first-order chi connectivity index (χ1) is 10.2. The number of nitrogens with zero attached hydrogens (tertiary/aromatic N) is 1. The summed E-state index contributed by atoms with van der Waals surface area (Å²) in [6.45, 7) is 1.20. The Labute approximate surface area is 159 Å². The van der Waals surface area contributed by atoms with Crippen molar-refractivity contribution in [2.75, 3.05) is 13.6 Å². The molecule has 0 saturated heterocycles. The van der Waals surface area contributed by atoms with Crippen LogP contribution in [0.1, 0.15) is 10.4 Å². The number of halogens is 3. The summed E-state index contributed by atoms with van der Waals surface area (Å²) in [6.07, 6.45) is 0.927. The van der Waals surface area contributed by atoms with Crippen LogP contribution in [0.15, 0.2) is 45.2 Å². The fraction of sp³-hybridized carbons (Fsp3) is 0.267. The van der Waals surface area contributed by atoms with Gasteiger partial charge in [0.1, 0.15) is 5.82 Å². The summed E-state index contributed by atoms with van der Waals surface area (Å²) in [5.74, 6) is 0.470. The SMILES string of the molecule is CN=C(NCCc1ccc(Br)s1)NCc1ccccc1F.I. The minimum Gasteiger partial charge on any atom is -0.356 e. The second-order valence-electron chi connectivity index (χ2n) is 4.40. The average Bonchev–Trinajstić information content (AvgIpc) is 2.90. The van der Waals surface area contributed by atoms with E-state index in [2.05, 4.69) is 37.6 Å². The molecule has 0 unspecified atom stereocenters. The molecule has 0 aliphatic carbocycles. The lowest BCUT2D eigenvalue weighted by molar-refractivity contribution is 0.604. The molecule has 0 spiro atoms. The van der Waals surface area contributed by atoms with Crippen LogP contribution in [0.25, 0.3) is 0 Å². The summed E-state index contributed by atoms with van der Waals surface area (Å²) in [7, 11) is 1.71. The van der Waals surface area contributed by atoms with Crippen LogP contribution < -0.4 is 10.6 Å². The smallest absolute Gasteiger partial charge is 0.191 e. The Hall–Kier alpha value is -0.670. The minimum absolute atomic E-state index is 0. The topological polar surface area (TPSA) is 36.4 Å². The molecular weight excluding hydrogens is 480 g/mol. The van der Waals surface area contributed by atoms with Crippen molar-refractivity contribution in [1.29, 1.82) is 0 Å². The van der Waals surface area contributed by atoms with Crippen molar-refractivity contribution < 1.29 is 4.39 Å². The zero-order chi connectivity index (χ0) is 15.1. The normalized spacial score (nSPS) is 11.0. The third-order valence-corrected chi connectivity index (χ3v) is 4.60. The number of hydrogen-bond donors (Lipinski definition) is 2. The van der Waals surface area contributed by atoms with Gasteiger partial charge in [0.15, 0.2) is 5.96 Å². The Bertz CT molecular complexity index is 618. The van der Waals surface area contributed by atoms with E-state index in [1.54, 1.807) is 30.5 Å². The van der Waals surface area contributed by atoms with Gasteiger partial charge in [0.25, 0.3) is 0 Å². The zero-order valence-electron chi connectivity index (χ0n) is 12.1. The highest BCUT2D eigenvalue weighted by Crippen LogP contribution is 2.21. The standard InChI is InChI=1S/C15H17BrFN3S.HI/c1-18-15(19-9-8-12-6-7-14(16)21-12)20-10-11-4-2-3-5-13(11)17;/h2-7H,8-10H2,1H3,(H2,18,19,20);1H. The highest BCUT2D eigenvalue weighted by atomic mass is 127. The van der Waals surface area contributed by atoms with Gasteiger partial charge in [-0.25, -0.2) is 4.39 Å². The van der Waals surface area contributed by atoms with Gasteiger partial charge < -0.3 is 10.6 Å². The van der Waals surface area contributed by atoms with Crippen LogP contribution in [-0.2, 0) is 13.0 Å². The maximum atomic E-state index is 13.5. The van der Waals surface area contributed by atoms with E-state index in [9.17, 15) is 4.39 Å². The number of rotatable bonds is 5. The van der Waals surface area contributed by atoms with Crippen molar-refractivity contribution in [1.82, 2.24) is 10.6 Å². The van der Waals surface area contributed by atoms with Gasteiger partial charge in [0, 0.05) is 30.6 Å². The molecule has 0 radical (unpaired) electrons. The van der Waals surface area contributed by atoms with Crippen LogP contribution in [0, 0.1) is 5.82 Å². The third-order valence-electron chi connectivity index (χ3n) is 2.92. The molecule has 0 amide bonds. The van der Waals surface area contributed by atoms with E-state index in [0.29, 0.717) is 18.1 Å². The Balaban J connectivity index is 0.00000242. The molecule has 1 aromatic heterocycles. The van der Waals surface area contributed by atoms with Crippen LogP contribution in [0.3, 0.4) is 0 Å². The lowest BCUT2D eigenvalue weighted by Gasteiger charge is -2.11. The van der Waals surface area contributed by atoms with E-state index in [0.717, 1.165) is 16.8 Å². The summed E-state index contributed by atoms with van der Waals surface area (Å²) in [6, 6.07) is 10.9. The molecule has 0 saturated carbocycles. The largest absolute Gasteiger partial charge is 0.356 e. The van der Waals surface area contributed by atoms with Crippen LogP contribution in [0.5, 0.6) is 0 Å². The summed E-state index contributed by atoms with van der Waals surface area (Å²) in [4.78, 5) is 5.44. The molecule has 0 atom stereocenters. The molecule has 0 aliphatic heterocycles. The molecule has 0 fully saturated rings. The van der Waals surface area contributed by atoms with E-state index in [1.165, 1.54) is 10.9 Å². The van der Waals surface area contributed by atoms with Crippen molar-refractivity contribution >= 4 is 57.2 Å². The Kier molecular flexibility index (Phi) is 8.96. The third kappa shape index (κ3) is 6.21. The van der Waals surface area contributed by atoms with Gasteiger partial charge in [0.2, 0.25) is 0 Å². The first kappa shape index (κ1) is 19.4. The van der Waals surface area contributed by atoms with E-state index < -0.39 is 0 Å². The second-order valence-corrected chi connectivity index (χ2v) is 6.95. The highest BCUT2D eigenvalue weighted by molar-refractivity contribution is 14.0. The van der Waals surface area contributed by atoms with Gasteiger partial charge in [-0.3, -0.25) is 4.99 Å². The summed E-state index contributed by atoms with van der Waals surface area (Å²) >= 11 is 5.18. The van der Waals surface area contributed by atoms with Gasteiger partial charge >= 0.3 is 0 Å². The molecule has 0 bridgehead atoms. The molecular formula is C15H18BrFIN3S. The van der Waals surface area contributed by atoms with Crippen LogP contribution in [0.2, 0.25) is 0 Å². The van der Waals surface area contributed by atoms with E-state index in [-0.39, 0.29) is 29.8 Å². The molecule has 0 aliphatic rings. The minimum atomic E-state index is -0.205. The summed E-state index contributed by atoms with van der Waals surface area (Å²) < 4.78 is 14.7. The monoisotopic (exact) mass is 497 g/mol. The van der Waals surface area contributed by atoms with Gasteiger partial charge in [-0.2, -0.15) is 0 Å². The molecule has 3 nitrogen and oxygen atoms in total. The molecule has 7 heteroatoms. The number of hydrogen-bond acceptors (Lipinski definition) is 2. The van der Waals surface area contributed by atoms with Gasteiger partial charge in [-0.15, -0.1) is 35.3 Å². The van der Waals surface area contributed by atoms with Crippen molar-refractivity contribution in [3.05, 3.63) is 56.4 Å². The zero-order valence-corrected chi connectivity index (χ0v) is 16.8. The van der Waals surface area contributed by atoms with Crippen LogP contribution >= 0.6 is 51.2 Å². The second kappa shape index (κ2) is 10.2. The summed E-state index contributed by atoms with van der Waals surface area (Å²) in [5.41, 5.74) is 0.627. The van der Waals surface area contributed by atoms with Crippen molar-refractivity contribution in [3.63, 3.8) is 0 Å². The van der Waals surface area contributed by atoms with Gasteiger partial charge in [-0.1, -0.05) is 18.2 Å². The first-order valence-electron chi connectivity index (χ1n) is 6.61. The fourth-order valence-electron chi connectivity index (χ4n) is 1.83. The average molecular weight is 498 g/mol. The van der Waals surface area contributed by atoms with Crippen molar-refractivity contribution in [3.8, 4) is 0 Å². The molecule has 22 heavy (non-hydrogen) atoms. The van der Waals surface area contributed by atoms with Gasteiger partial charge in [-0.05, 0) is 40.5 Å². The Morgan fingerprint density at radius 1 is 1.23 bits per heavy atom. The van der Waals surface area contributed by atoms with Crippen LogP contribution in [0.4, 0.5) is 4.39 Å². The Morgan fingerprint density at radius 3 is 2.64 bits per heavy atom. The number of aliphatic imine (C=N–C) groups is 1. The number of nitrogens with one attached hydrogen (secondary N) is 2. The van der Waals surface area contributed by atoms with E-state index >= 15 is 0 Å². The van der Waals surface area contributed by atoms with E-state index in [1.807, 2.05) is 12.1 Å². The maximum absolute atomic E-state index is 13.5. The fourth-order valence-corrected chi connectivity index (χ4v) is 3.31. The number of guanidine groups is 1. The van der Waals surface area contributed by atoms with Crippen molar-refractivity contribution in [2.24, 2.45) is 4.99 Å². The molecule has 2 rings (SSSR count). The Morgan fingerprint density at radius 2 is 2.00 bits per heavy atom. The lowest BCUT2D eigenvalue weighted by Crippen LogP contribution is -2.37. The molecule has 1 heterocycles. The first-order valence-corrected chi connectivity index (χ1v) is 8.22. The van der Waals surface area contributed by atoms with Gasteiger partial charge in [0.05, 0.1) is 3.79 Å². The predicted molar refractivity (Wildman–Crippen MR) is 106 cm³/mol. The van der Waals surface area contributed by atoms with Crippen LogP contribution in [-0.4, -0.2) is 19.6 Å². The molecule has 2 aromatic rings. The van der Waals surface area contributed by atoms with Crippen molar-refractivity contribution in [2.45, 2.75) is 13.0 Å². The molecule has 2 N–H and O–H groups in total. The lowest BCUT2D eigenvalue weighted by atomic mass is 10.2. The van der Waals surface area contributed by atoms with E-state index in [4.69, 9.17) is 0 Å². The summed E-state index contributed by atoms with van der Waals surface area (Å²) in [5, 5.41) is 6.34. The number of thiophene rings is 1. The predicted octanol–water partition coefficient (Wildman–Crippen LogP) is 4.18. The quantitative estimate of drug-likeness (QED) is 0.369. The highest BCUT2D eigenvalue weighted by Gasteiger charge is 2.03. The maximum Gasteiger partial charge on any atom is 0.191 e. The number of benzene rings is 1.